The van der Waals surface area contributed by atoms with Crippen molar-refractivity contribution in [3.05, 3.63) is 69.3 Å². The molecule has 4 aliphatic carbocycles. The van der Waals surface area contributed by atoms with Crippen molar-refractivity contribution in [1.82, 2.24) is 48.0 Å². The minimum atomic E-state index is -0.0622. The van der Waals surface area contributed by atoms with Gasteiger partial charge in [-0.2, -0.15) is 9.97 Å². The van der Waals surface area contributed by atoms with Crippen molar-refractivity contribution >= 4 is 40.1 Å². The number of aryl methyl sites for hydroxylation is 1. The Morgan fingerprint density at radius 3 is 1.95 bits per heavy atom. The summed E-state index contributed by atoms with van der Waals surface area (Å²) in [6.45, 7) is 4.66. The van der Waals surface area contributed by atoms with E-state index in [9.17, 15) is 14.4 Å². The van der Waals surface area contributed by atoms with E-state index < -0.39 is 0 Å². The van der Waals surface area contributed by atoms with E-state index in [-0.39, 0.29) is 46.7 Å². The average Bonchev–Trinajstić information content (AvgIpc) is 4.18. The normalized spacial score (nSPS) is 29.0. The zero-order valence-corrected chi connectivity index (χ0v) is 37.9. The fourth-order valence-corrected chi connectivity index (χ4v) is 13.2. The Bertz CT molecular complexity index is 2630. The van der Waals surface area contributed by atoms with E-state index in [1.54, 1.807) is 10.8 Å². The maximum atomic E-state index is 14.5. The monoisotopic (exact) mass is 871 g/mol. The van der Waals surface area contributed by atoms with Crippen LogP contribution in [0.15, 0.2) is 52.3 Å². The van der Waals surface area contributed by atoms with E-state index in [2.05, 4.69) is 32.5 Å². The van der Waals surface area contributed by atoms with Crippen LogP contribution in [0.5, 0.6) is 0 Å². The van der Waals surface area contributed by atoms with E-state index >= 15 is 0 Å². The van der Waals surface area contributed by atoms with Crippen molar-refractivity contribution < 1.29 is 4.79 Å². The molecule has 2 unspecified atom stereocenters. The number of nitrogens with one attached hydrogen (secondary N) is 2. The molecule has 2 N–H and O–H groups in total. The van der Waals surface area contributed by atoms with Crippen molar-refractivity contribution in [2.45, 2.75) is 146 Å². The van der Waals surface area contributed by atoms with Gasteiger partial charge in [-0.1, -0.05) is 43.2 Å². The summed E-state index contributed by atoms with van der Waals surface area (Å²) in [6.07, 6.45) is 22.1. The lowest BCUT2D eigenvalue weighted by Gasteiger charge is -2.37. The number of carbonyl (C=O) groups excluding carboxylic acids is 1. The highest BCUT2D eigenvalue weighted by Crippen LogP contribution is 2.46. The largest absolute Gasteiger partial charge is 0.351 e. The van der Waals surface area contributed by atoms with Crippen LogP contribution in [-0.4, -0.2) is 99.2 Å². The first kappa shape index (κ1) is 41.6. The number of hydrogen-bond acceptors (Lipinski definition) is 10. The van der Waals surface area contributed by atoms with E-state index in [0.717, 1.165) is 125 Å². The smallest absolute Gasteiger partial charge is 0.330 e. The summed E-state index contributed by atoms with van der Waals surface area (Å²) in [5, 5.41) is 7.32. The van der Waals surface area contributed by atoms with Crippen molar-refractivity contribution in [2.75, 3.05) is 43.9 Å². The third kappa shape index (κ3) is 7.82. The molecule has 1 amide bonds. The highest BCUT2D eigenvalue weighted by atomic mass is 16.2. The van der Waals surface area contributed by atoms with Gasteiger partial charge in [0, 0.05) is 57.4 Å². The molecule has 1 aromatic carbocycles. The Hall–Kier alpha value is -5.05. The van der Waals surface area contributed by atoms with Crippen LogP contribution in [0.1, 0.15) is 127 Å². The molecule has 11 rings (SSSR count). The van der Waals surface area contributed by atoms with Crippen molar-refractivity contribution in [2.24, 2.45) is 23.8 Å². The minimum absolute atomic E-state index is 0.00313. The lowest BCUT2D eigenvalue weighted by molar-refractivity contribution is -0.129. The maximum absolute atomic E-state index is 14.5. The number of hydrogen-bond donors (Lipinski definition) is 2. The quantitative estimate of drug-likeness (QED) is 0.155. The second kappa shape index (κ2) is 16.7. The predicted octanol–water partition coefficient (Wildman–Crippen LogP) is 6.69. The Kier molecular flexibility index (Phi) is 10.9. The molecule has 340 valence electrons. The molecule has 6 aliphatic rings. The van der Waals surface area contributed by atoms with Crippen LogP contribution in [0.2, 0.25) is 0 Å². The van der Waals surface area contributed by atoms with E-state index in [1.807, 2.05) is 57.3 Å². The SMILES string of the molecule is CN1CCC2(CCC(Nc3ncc4c(n3)n(C3CCC(Cn5c(=O)n(C6CCCC6)c6nc(NC7CCC8(CC7)CCN(C(=O)Cc7ccccc7)C8)ncc65)C3)c(=O)n4C)CC2)C1. The first-order chi connectivity index (χ1) is 31.1. The molecular weight excluding hydrogens is 805 g/mol. The zero-order valence-electron chi connectivity index (χ0n) is 37.9. The molecule has 64 heavy (non-hydrogen) atoms. The van der Waals surface area contributed by atoms with Crippen LogP contribution < -0.4 is 22.0 Å². The number of rotatable bonds is 10. The number of carbonyl (C=O) groups is 1. The van der Waals surface area contributed by atoms with E-state index in [0.29, 0.717) is 42.0 Å². The number of fused-ring (bicyclic) bond motifs is 2. The van der Waals surface area contributed by atoms with Gasteiger partial charge in [0.15, 0.2) is 11.3 Å². The van der Waals surface area contributed by atoms with Gasteiger partial charge >= 0.3 is 11.4 Å². The Morgan fingerprint density at radius 1 is 0.688 bits per heavy atom. The molecule has 15 heteroatoms. The molecule has 2 spiro atoms. The number of benzene rings is 1. The van der Waals surface area contributed by atoms with Crippen molar-refractivity contribution in [3.8, 4) is 0 Å². The Balaban J connectivity index is 0.764. The van der Waals surface area contributed by atoms with Gasteiger partial charge in [-0.05, 0) is 132 Å². The van der Waals surface area contributed by atoms with Crippen LogP contribution in [-0.2, 0) is 24.8 Å². The molecule has 6 heterocycles. The fraction of sp³-hybridized carbons (Fsp3) is 0.653. The van der Waals surface area contributed by atoms with Gasteiger partial charge in [0.25, 0.3) is 0 Å². The molecule has 6 fully saturated rings. The number of imidazole rings is 2. The van der Waals surface area contributed by atoms with Crippen LogP contribution in [0.4, 0.5) is 11.9 Å². The third-order valence-electron chi connectivity index (χ3n) is 16.9. The first-order valence-corrected chi connectivity index (χ1v) is 24.6. The summed E-state index contributed by atoms with van der Waals surface area (Å²) in [5.74, 6) is 1.63. The topological polar surface area (TPSA) is 153 Å². The van der Waals surface area contributed by atoms with Gasteiger partial charge in [-0.15, -0.1) is 0 Å². The van der Waals surface area contributed by atoms with Gasteiger partial charge in [-0.25, -0.2) is 19.6 Å². The summed E-state index contributed by atoms with van der Waals surface area (Å²) >= 11 is 0. The maximum Gasteiger partial charge on any atom is 0.330 e. The molecule has 0 bridgehead atoms. The van der Waals surface area contributed by atoms with Gasteiger partial charge in [0.2, 0.25) is 17.8 Å². The predicted molar refractivity (Wildman–Crippen MR) is 249 cm³/mol. The third-order valence-corrected chi connectivity index (χ3v) is 16.9. The molecule has 5 aromatic rings. The Morgan fingerprint density at radius 2 is 1.30 bits per heavy atom. The van der Waals surface area contributed by atoms with Gasteiger partial charge in [0.1, 0.15) is 11.0 Å². The minimum Gasteiger partial charge on any atom is -0.351 e. The molecule has 4 aromatic heterocycles. The number of aromatic nitrogens is 8. The fourth-order valence-electron chi connectivity index (χ4n) is 13.2. The second-order valence-electron chi connectivity index (χ2n) is 21.1. The van der Waals surface area contributed by atoms with Gasteiger partial charge in [-0.3, -0.25) is 23.1 Å². The van der Waals surface area contributed by atoms with Crippen molar-refractivity contribution in [3.63, 3.8) is 0 Å². The molecule has 4 saturated carbocycles. The van der Waals surface area contributed by atoms with Crippen molar-refractivity contribution in [1.29, 1.82) is 0 Å². The molecule has 2 saturated heterocycles. The number of anilines is 2. The standard InChI is InChI=1S/C49H66N12O3/c1-56-24-22-48(31-56)18-14-35(15-19-48)52-44-50-28-39-42(54-44)61(46(63)57(39)2)38-13-12-34(26-38)30-59-40-29-51-45(55-43(40)60(47(59)64)37-10-6-7-11-37)53-36-16-20-49(21-17-36)23-25-58(32-49)41(62)27-33-8-4-3-5-9-33/h3-5,8-9,28-29,34-38H,6-7,10-27,30-32H2,1-2H3,(H,50,52,54)(H,51,53,55). The first-order valence-electron chi connectivity index (χ1n) is 24.6. The summed E-state index contributed by atoms with van der Waals surface area (Å²) in [5.41, 5.74) is 4.63. The lowest BCUT2D eigenvalue weighted by Crippen LogP contribution is -2.37. The molecular formula is C49H66N12O3. The number of likely N-dealkylation sites (tertiary alicyclic amines) is 2. The van der Waals surface area contributed by atoms with Crippen LogP contribution in [0.3, 0.4) is 0 Å². The highest BCUT2D eigenvalue weighted by Gasteiger charge is 2.43. The summed E-state index contributed by atoms with van der Waals surface area (Å²) in [6, 6.07) is 10.8. The highest BCUT2D eigenvalue weighted by molar-refractivity contribution is 5.79. The number of nitrogens with zero attached hydrogens (tertiary/aromatic N) is 10. The summed E-state index contributed by atoms with van der Waals surface area (Å²) in [7, 11) is 4.05. The van der Waals surface area contributed by atoms with Crippen LogP contribution in [0, 0.1) is 16.7 Å². The summed E-state index contributed by atoms with van der Waals surface area (Å²) in [4.78, 5) is 65.7. The number of amides is 1. The van der Waals surface area contributed by atoms with E-state index in [1.165, 1.54) is 32.4 Å². The van der Waals surface area contributed by atoms with Crippen LogP contribution in [0.25, 0.3) is 22.3 Å². The summed E-state index contributed by atoms with van der Waals surface area (Å²) < 4.78 is 7.48. The molecule has 2 aliphatic heterocycles. The van der Waals surface area contributed by atoms with E-state index in [4.69, 9.17) is 15.0 Å². The molecule has 0 radical (unpaired) electrons. The van der Waals surface area contributed by atoms with Gasteiger partial charge < -0.3 is 20.4 Å². The molecule has 2 atom stereocenters. The zero-order chi connectivity index (χ0) is 43.6. The lowest BCUT2D eigenvalue weighted by atomic mass is 9.72. The van der Waals surface area contributed by atoms with Crippen LogP contribution >= 0.6 is 0 Å². The van der Waals surface area contributed by atoms with Gasteiger partial charge in [0.05, 0.1) is 18.8 Å². The Labute approximate surface area is 375 Å². The second-order valence-corrected chi connectivity index (χ2v) is 21.1. The average molecular weight is 871 g/mol. The molecule has 15 nitrogen and oxygen atoms in total.